The highest BCUT2D eigenvalue weighted by atomic mass is 79.9. The molecule has 0 radical (unpaired) electrons. The van der Waals surface area contributed by atoms with E-state index in [0.29, 0.717) is 5.76 Å². The average molecular weight is 267 g/mol. The van der Waals surface area contributed by atoms with Crippen molar-refractivity contribution in [1.29, 1.82) is 0 Å². The lowest BCUT2D eigenvalue weighted by Crippen LogP contribution is -1.81. The van der Waals surface area contributed by atoms with Crippen LogP contribution < -0.4 is 0 Å². The number of furan rings is 1. The minimum Gasteiger partial charge on any atom is -0.459 e. The van der Waals surface area contributed by atoms with Gasteiger partial charge in [-0.1, -0.05) is 18.2 Å². The Morgan fingerprint density at radius 1 is 1.27 bits per heavy atom. The zero-order chi connectivity index (χ0) is 10.8. The van der Waals surface area contributed by atoms with Crippen LogP contribution >= 0.6 is 15.9 Å². The fourth-order valence-corrected chi connectivity index (χ4v) is 1.91. The van der Waals surface area contributed by atoms with Gasteiger partial charge in [0.1, 0.15) is 18.1 Å². The number of benzene rings is 1. The Morgan fingerprint density at radius 2 is 2.07 bits per heavy atom. The van der Waals surface area contributed by atoms with Crippen LogP contribution in [0.1, 0.15) is 11.3 Å². The lowest BCUT2D eigenvalue weighted by molar-refractivity contribution is 0.248. The zero-order valence-electron chi connectivity index (χ0n) is 8.33. The Bertz CT molecular complexity index is 474. The van der Waals surface area contributed by atoms with Crippen LogP contribution in [0.3, 0.4) is 0 Å². The van der Waals surface area contributed by atoms with Gasteiger partial charge in [-0.05, 0) is 40.5 Å². The van der Waals surface area contributed by atoms with E-state index >= 15 is 0 Å². The third-order valence-corrected chi connectivity index (χ3v) is 3.33. The van der Waals surface area contributed by atoms with Gasteiger partial charge in [0.05, 0.1) is 0 Å². The average Bonchev–Trinajstić information content (AvgIpc) is 2.70. The monoisotopic (exact) mass is 266 g/mol. The van der Waals surface area contributed by atoms with Crippen LogP contribution in [0, 0.1) is 6.92 Å². The van der Waals surface area contributed by atoms with Crippen molar-refractivity contribution in [2.45, 2.75) is 13.5 Å². The highest BCUT2D eigenvalue weighted by molar-refractivity contribution is 9.10. The molecular weight excluding hydrogens is 256 g/mol. The molecule has 0 aliphatic carbocycles. The summed E-state index contributed by atoms with van der Waals surface area (Å²) in [6.45, 7) is 1.97. The van der Waals surface area contributed by atoms with Gasteiger partial charge in [0.15, 0.2) is 0 Å². The number of halogens is 1. The minimum atomic E-state index is -0.0660. The molecule has 3 heteroatoms. The third kappa shape index (κ3) is 1.98. The molecule has 0 amide bonds. The lowest BCUT2D eigenvalue weighted by Gasteiger charge is -2.03. The second-order valence-electron chi connectivity index (χ2n) is 3.36. The van der Waals surface area contributed by atoms with Gasteiger partial charge in [-0.15, -0.1) is 0 Å². The Balaban J connectivity index is 2.49. The molecule has 0 aliphatic rings. The van der Waals surface area contributed by atoms with Crippen molar-refractivity contribution in [3.63, 3.8) is 0 Å². The lowest BCUT2D eigenvalue weighted by atomic mass is 10.1. The molecule has 1 N–H and O–H groups in total. The van der Waals surface area contributed by atoms with Gasteiger partial charge in [0, 0.05) is 10.0 Å². The molecule has 0 spiro atoms. The summed E-state index contributed by atoms with van der Waals surface area (Å²) < 4.78 is 6.51. The first-order valence-corrected chi connectivity index (χ1v) is 5.46. The Morgan fingerprint density at radius 3 is 2.73 bits per heavy atom. The molecule has 0 atom stereocenters. The molecule has 2 nitrogen and oxygen atoms in total. The van der Waals surface area contributed by atoms with Crippen LogP contribution in [-0.4, -0.2) is 5.11 Å². The van der Waals surface area contributed by atoms with Crippen LogP contribution in [0.15, 0.2) is 39.2 Å². The molecule has 78 valence electrons. The summed E-state index contributed by atoms with van der Waals surface area (Å²) in [7, 11) is 0. The predicted molar refractivity (Wildman–Crippen MR) is 62.5 cm³/mol. The summed E-state index contributed by atoms with van der Waals surface area (Å²) in [6.07, 6.45) is 0. The summed E-state index contributed by atoms with van der Waals surface area (Å²) in [6, 6.07) is 9.65. The van der Waals surface area contributed by atoms with Crippen LogP contribution in [0.25, 0.3) is 11.3 Å². The number of aliphatic hydroxyl groups is 1. The van der Waals surface area contributed by atoms with E-state index in [1.807, 2.05) is 31.2 Å². The van der Waals surface area contributed by atoms with Crippen LogP contribution in [0.2, 0.25) is 0 Å². The Kier molecular flexibility index (Phi) is 2.93. The smallest absolute Gasteiger partial charge is 0.135 e. The number of rotatable bonds is 2. The molecule has 1 heterocycles. The van der Waals surface area contributed by atoms with Crippen molar-refractivity contribution in [1.82, 2.24) is 0 Å². The summed E-state index contributed by atoms with van der Waals surface area (Å²) in [5.74, 6) is 1.35. The van der Waals surface area contributed by atoms with Crippen molar-refractivity contribution in [2.24, 2.45) is 0 Å². The van der Waals surface area contributed by atoms with Gasteiger partial charge < -0.3 is 9.52 Å². The predicted octanol–water partition coefficient (Wildman–Crippen LogP) is 3.51. The van der Waals surface area contributed by atoms with E-state index in [0.717, 1.165) is 21.4 Å². The van der Waals surface area contributed by atoms with E-state index in [-0.39, 0.29) is 6.61 Å². The number of hydrogen-bond acceptors (Lipinski definition) is 2. The van der Waals surface area contributed by atoms with E-state index in [1.165, 1.54) is 0 Å². The molecule has 0 unspecified atom stereocenters. The van der Waals surface area contributed by atoms with Crippen LogP contribution in [0.5, 0.6) is 0 Å². The van der Waals surface area contributed by atoms with Crippen molar-refractivity contribution in [3.05, 3.63) is 46.1 Å². The molecule has 0 fully saturated rings. The first-order chi connectivity index (χ1) is 7.22. The van der Waals surface area contributed by atoms with Crippen LogP contribution in [0.4, 0.5) is 0 Å². The Hall–Kier alpha value is -1.06. The van der Waals surface area contributed by atoms with Crippen molar-refractivity contribution in [3.8, 4) is 11.3 Å². The second-order valence-corrected chi connectivity index (χ2v) is 4.15. The second kappa shape index (κ2) is 4.21. The van der Waals surface area contributed by atoms with Crippen molar-refractivity contribution in [2.75, 3.05) is 0 Å². The molecule has 0 bridgehead atoms. The topological polar surface area (TPSA) is 33.4 Å². The van der Waals surface area contributed by atoms with Gasteiger partial charge in [0.25, 0.3) is 0 Å². The largest absolute Gasteiger partial charge is 0.459 e. The van der Waals surface area contributed by atoms with E-state index in [2.05, 4.69) is 15.9 Å². The molecule has 1 aromatic carbocycles. The maximum absolute atomic E-state index is 8.92. The highest BCUT2D eigenvalue weighted by Crippen LogP contribution is 2.31. The van der Waals surface area contributed by atoms with E-state index in [4.69, 9.17) is 9.52 Å². The standard InChI is InChI=1S/C12H11BrO2/c1-8-3-2-4-10(12(8)13)11-6-5-9(7-14)15-11/h2-6,14H,7H2,1H3. The van der Waals surface area contributed by atoms with Gasteiger partial charge in [-0.25, -0.2) is 0 Å². The first-order valence-electron chi connectivity index (χ1n) is 4.67. The maximum atomic E-state index is 8.92. The van der Waals surface area contributed by atoms with E-state index in [1.54, 1.807) is 6.07 Å². The molecule has 1 aromatic heterocycles. The third-order valence-electron chi connectivity index (χ3n) is 2.27. The number of hydrogen-bond donors (Lipinski definition) is 1. The molecule has 2 rings (SSSR count). The van der Waals surface area contributed by atoms with E-state index < -0.39 is 0 Å². The summed E-state index contributed by atoms with van der Waals surface area (Å²) in [4.78, 5) is 0. The fourth-order valence-electron chi connectivity index (χ4n) is 1.45. The molecule has 2 aromatic rings. The molecule has 0 saturated heterocycles. The SMILES string of the molecule is Cc1cccc(-c2ccc(CO)o2)c1Br. The summed E-state index contributed by atoms with van der Waals surface area (Å²) in [5.41, 5.74) is 2.17. The maximum Gasteiger partial charge on any atom is 0.135 e. The molecular formula is C12H11BrO2. The quantitative estimate of drug-likeness (QED) is 0.903. The summed E-state index contributed by atoms with van der Waals surface area (Å²) >= 11 is 3.53. The zero-order valence-corrected chi connectivity index (χ0v) is 9.91. The normalized spacial score (nSPS) is 10.6. The number of aliphatic hydroxyl groups excluding tert-OH is 1. The molecule has 0 aliphatic heterocycles. The minimum absolute atomic E-state index is 0.0660. The fraction of sp³-hybridized carbons (Fsp3) is 0.167. The molecule has 15 heavy (non-hydrogen) atoms. The van der Waals surface area contributed by atoms with Gasteiger partial charge in [0.2, 0.25) is 0 Å². The van der Waals surface area contributed by atoms with Crippen molar-refractivity contribution >= 4 is 15.9 Å². The summed E-state index contributed by atoms with van der Waals surface area (Å²) in [5, 5.41) is 8.92. The van der Waals surface area contributed by atoms with Gasteiger partial charge >= 0.3 is 0 Å². The van der Waals surface area contributed by atoms with Crippen LogP contribution in [-0.2, 0) is 6.61 Å². The van der Waals surface area contributed by atoms with E-state index in [9.17, 15) is 0 Å². The molecule has 0 saturated carbocycles. The van der Waals surface area contributed by atoms with Gasteiger partial charge in [-0.2, -0.15) is 0 Å². The highest BCUT2D eigenvalue weighted by Gasteiger charge is 2.08. The van der Waals surface area contributed by atoms with Gasteiger partial charge in [-0.3, -0.25) is 0 Å². The van der Waals surface area contributed by atoms with Crippen molar-refractivity contribution < 1.29 is 9.52 Å². The number of aryl methyl sites for hydroxylation is 1. The first kappa shape index (κ1) is 10.5. The Labute approximate surface area is 96.7 Å².